The number of aryl methyl sites for hydroxylation is 1. The van der Waals surface area contributed by atoms with Crippen molar-refractivity contribution in [2.45, 2.75) is 44.9 Å². The van der Waals surface area contributed by atoms with Crippen LogP contribution in [0.2, 0.25) is 0 Å². The van der Waals surface area contributed by atoms with Gasteiger partial charge in [0.05, 0.1) is 5.01 Å². The van der Waals surface area contributed by atoms with Crippen LogP contribution in [0.3, 0.4) is 0 Å². The number of carbonyl (C=O) groups excluding carboxylic acids is 1. The highest BCUT2D eigenvalue weighted by Gasteiger charge is 2.03. The maximum atomic E-state index is 11.5. The molecule has 0 aliphatic carbocycles. The van der Waals surface area contributed by atoms with Crippen LogP contribution in [0.4, 0.5) is 0 Å². The summed E-state index contributed by atoms with van der Waals surface area (Å²) in [4.78, 5) is 25.9. The summed E-state index contributed by atoms with van der Waals surface area (Å²) in [7, 11) is 0. The fourth-order valence-corrected chi connectivity index (χ4v) is 2.29. The molecular weight excluding hydrogens is 264 g/mol. The molecule has 1 aromatic rings. The zero-order valence-electron chi connectivity index (χ0n) is 10.9. The molecule has 1 rings (SSSR count). The Bertz CT molecular complexity index is 379. The van der Waals surface area contributed by atoms with E-state index in [2.05, 4.69) is 10.3 Å². The van der Waals surface area contributed by atoms with Crippen LogP contribution in [0.5, 0.6) is 0 Å². The van der Waals surface area contributed by atoms with E-state index in [4.69, 9.17) is 5.11 Å². The van der Waals surface area contributed by atoms with Crippen LogP contribution in [-0.2, 0) is 16.0 Å². The van der Waals surface area contributed by atoms with Crippen molar-refractivity contribution in [1.29, 1.82) is 0 Å². The van der Waals surface area contributed by atoms with Crippen molar-refractivity contribution in [2.75, 3.05) is 6.54 Å². The van der Waals surface area contributed by atoms with Crippen molar-refractivity contribution in [2.24, 2.45) is 0 Å². The minimum absolute atomic E-state index is 0.0562. The number of carboxylic acids is 1. The van der Waals surface area contributed by atoms with Crippen LogP contribution >= 0.6 is 11.3 Å². The molecule has 6 heteroatoms. The molecule has 0 aromatic carbocycles. The van der Waals surface area contributed by atoms with Gasteiger partial charge in [-0.05, 0) is 12.8 Å². The summed E-state index contributed by atoms with van der Waals surface area (Å²) in [5, 5.41) is 14.2. The predicted molar refractivity (Wildman–Crippen MR) is 74.2 cm³/mol. The van der Waals surface area contributed by atoms with Crippen molar-refractivity contribution < 1.29 is 14.7 Å². The van der Waals surface area contributed by atoms with Gasteiger partial charge in [-0.25, -0.2) is 4.98 Å². The predicted octanol–water partition coefficient (Wildman–Crippen LogP) is 2.23. The van der Waals surface area contributed by atoms with Crippen molar-refractivity contribution in [3.63, 3.8) is 0 Å². The van der Waals surface area contributed by atoms with Gasteiger partial charge >= 0.3 is 5.97 Å². The van der Waals surface area contributed by atoms with E-state index in [-0.39, 0.29) is 12.3 Å². The molecule has 0 radical (unpaired) electrons. The lowest BCUT2D eigenvalue weighted by Gasteiger charge is -2.04. The van der Waals surface area contributed by atoms with Crippen molar-refractivity contribution in [1.82, 2.24) is 10.3 Å². The highest BCUT2D eigenvalue weighted by Crippen LogP contribution is 2.06. The van der Waals surface area contributed by atoms with Gasteiger partial charge in [-0.3, -0.25) is 9.59 Å². The second-order valence-corrected chi connectivity index (χ2v) is 5.31. The molecule has 5 nitrogen and oxygen atoms in total. The molecule has 1 heterocycles. The Kier molecular flexibility index (Phi) is 7.81. The highest BCUT2D eigenvalue weighted by atomic mass is 32.1. The van der Waals surface area contributed by atoms with Gasteiger partial charge < -0.3 is 10.4 Å². The number of hydrogen-bond donors (Lipinski definition) is 2. The quantitative estimate of drug-likeness (QED) is 0.646. The summed E-state index contributed by atoms with van der Waals surface area (Å²) in [6.07, 6.45) is 6.64. The number of thiazole rings is 1. The zero-order valence-corrected chi connectivity index (χ0v) is 11.7. The summed E-state index contributed by atoms with van der Waals surface area (Å²) in [6.45, 7) is 0.670. The van der Waals surface area contributed by atoms with E-state index in [1.807, 2.05) is 5.38 Å². The van der Waals surface area contributed by atoms with E-state index in [1.54, 1.807) is 17.5 Å². The summed E-state index contributed by atoms with van der Waals surface area (Å²) in [5.74, 6) is -0.684. The number of rotatable bonds is 10. The smallest absolute Gasteiger partial charge is 0.303 e. The monoisotopic (exact) mass is 284 g/mol. The van der Waals surface area contributed by atoms with Crippen LogP contribution in [0.1, 0.15) is 43.5 Å². The number of carbonyl (C=O) groups is 2. The Morgan fingerprint density at radius 2 is 2.00 bits per heavy atom. The molecule has 0 bridgehead atoms. The number of aromatic nitrogens is 1. The first-order valence-electron chi connectivity index (χ1n) is 6.55. The van der Waals surface area contributed by atoms with Crippen LogP contribution in [-0.4, -0.2) is 28.5 Å². The SMILES string of the molecule is O=C(O)CCCCCCNC(=O)CCc1nccs1. The topological polar surface area (TPSA) is 79.3 Å². The first-order valence-corrected chi connectivity index (χ1v) is 7.43. The molecule has 0 atom stereocenters. The summed E-state index contributed by atoms with van der Waals surface area (Å²) in [6, 6.07) is 0. The Hall–Kier alpha value is -1.43. The summed E-state index contributed by atoms with van der Waals surface area (Å²) in [5.41, 5.74) is 0. The first kappa shape index (κ1) is 15.6. The molecule has 0 aliphatic heterocycles. The van der Waals surface area contributed by atoms with E-state index in [0.29, 0.717) is 25.8 Å². The summed E-state index contributed by atoms with van der Waals surface area (Å²) < 4.78 is 0. The van der Waals surface area contributed by atoms with Crippen LogP contribution < -0.4 is 5.32 Å². The lowest BCUT2D eigenvalue weighted by atomic mass is 10.1. The van der Waals surface area contributed by atoms with Crippen LogP contribution in [0, 0.1) is 0 Å². The minimum atomic E-state index is -0.740. The van der Waals surface area contributed by atoms with Gasteiger partial charge in [0.1, 0.15) is 0 Å². The maximum absolute atomic E-state index is 11.5. The normalized spacial score (nSPS) is 10.3. The molecule has 0 aliphatic rings. The Morgan fingerprint density at radius 3 is 2.68 bits per heavy atom. The second-order valence-electron chi connectivity index (χ2n) is 4.33. The van der Waals surface area contributed by atoms with E-state index in [9.17, 15) is 9.59 Å². The lowest BCUT2D eigenvalue weighted by Crippen LogP contribution is -2.24. The Labute approximate surface area is 117 Å². The maximum Gasteiger partial charge on any atom is 0.303 e. The van der Waals surface area contributed by atoms with Gasteiger partial charge in [-0.15, -0.1) is 11.3 Å². The second kappa shape index (κ2) is 9.49. The number of aliphatic carboxylic acids is 1. The molecule has 1 amide bonds. The largest absolute Gasteiger partial charge is 0.481 e. The van der Waals surface area contributed by atoms with E-state index < -0.39 is 5.97 Å². The number of hydrogen-bond acceptors (Lipinski definition) is 4. The molecular formula is C13H20N2O3S. The lowest BCUT2D eigenvalue weighted by molar-refractivity contribution is -0.137. The summed E-state index contributed by atoms with van der Waals surface area (Å²) >= 11 is 1.57. The molecule has 106 valence electrons. The van der Waals surface area contributed by atoms with Crippen molar-refractivity contribution in [3.05, 3.63) is 16.6 Å². The average Bonchev–Trinajstić information content (AvgIpc) is 2.88. The Morgan fingerprint density at radius 1 is 1.21 bits per heavy atom. The number of nitrogens with zero attached hydrogens (tertiary/aromatic N) is 1. The van der Waals surface area contributed by atoms with Gasteiger partial charge in [0.15, 0.2) is 0 Å². The van der Waals surface area contributed by atoms with Crippen molar-refractivity contribution >= 4 is 23.2 Å². The molecule has 1 aromatic heterocycles. The molecule has 0 saturated carbocycles. The van der Waals surface area contributed by atoms with Gasteiger partial charge in [-0.1, -0.05) is 12.8 Å². The van der Waals surface area contributed by atoms with E-state index >= 15 is 0 Å². The number of carboxylic acid groups (broad SMARTS) is 1. The highest BCUT2D eigenvalue weighted by molar-refractivity contribution is 7.09. The third-order valence-electron chi connectivity index (χ3n) is 2.69. The molecule has 0 saturated heterocycles. The zero-order chi connectivity index (χ0) is 13.9. The molecule has 19 heavy (non-hydrogen) atoms. The van der Waals surface area contributed by atoms with Crippen molar-refractivity contribution in [3.8, 4) is 0 Å². The van der Waals surface area contributed by atoms with Gasteiger partial charge in [0.2, 0.25) is 5.91 Å². The fraction of sp³-hybridized carbons (Fsp3) is 0.615. The average molecular weight is 284 g/mol. The minimum Gasteiger partial charge on any atom is -0.481 e. The molecule has 0 unspecified atom stereocenters. The number of amides is 1. The fourth-order valence-electron chi connectivity index (χ4n) is 1.67. The molecule has 0 spiro atoms. The van der Waals surface area contributed by atoms with E-state index in [1.165, 1.54) is 0 Å². The molecule has 2 N–H and O–H groups in total. The first-order chi connectivity index (χ1) is 9.18. The van der Waals surface area contributed by atoms with Crippen LogP contribution in [0.15, 0.2) is 11.6 Å². The third-order valence-corrected chi connectivity index (χ3v) is 3.53. The van der Waals surface area contributed by atoms with Crippen LogP contribution in [0.25, 0.3) is 0 Å². The Balaban J connectivity index is 1.91. The number of nitrogens with one attached hydrogen (secondary N) is 1. The third kappa shape index (κ3) is 8.31. The van der Waals surface area contributed by atoms with Gasteiger partial charge in [-0.2, -0.15) is 0 Å². The van der Waals surface area contributed by atoms with E-state index in [0.717, 1.165) is 24.3 Å². The molecule has 0 fully saturated rings. The standard InChI is InChI=1S/C13H20N2O3S/c16-11(6-7-12-15-9-10-19-12)14-8-4-2-1-3-5-13(17)18/h9-10H,1-8H2,(H,14,16)(H,17,18). The van der Waals surface area contributed by atoms with Gasteiger partial charge in [0, 0.05) is 37.4 Å². The number of unbranched alkanes of at least 4 members (excludes halogenated alkanes) is 3. The van der Waals surface area contributed by atoms with Gasteiger partial charge in [0.25, 0.3) is 0 Å².